The number of hydrogen-bond donors (Lipinski definition) is 1. The average molecular weight is 337 g/mol. The van der Waals surface area contributed by atoms with Gasteiger partial charge in [-0.1, -0.05) is 49.6 Å². The van der Waals surface area contributed by atoms with Gasteiger partial charge in [0.25, 0.3) is 10.0 Å². The van der Waals surface area contributed by atoms with E-state index in [4.69, 9.17) is 4.74 Å². The highest BCUT2D eigenvalue weighted by atomic mass is 32.2. The maximum Gasteiger partial charge on any atom is 0.421 e. The van der Waals surface area contributed by atoms with Gasteiger partial charge in [0, 0.05) is 0 Å². The summed E-state index contributed by atoms with van der Waals surface area (Å²) in [4.78, 5) is 12.0. The van der Waals surface area contributed by atoms with Crippen LogP contribution in [0.15, 0.2) is 41.8 Å². The van der Waals surface area contributed by atoms with Crippen molar-refractivity contribution in [2.45, 2.75) is 50.0 Å². The van der Waals surface area contributed by atoms with Crippen molar-refractivity contribution < 1.29 is 17.9 Å². The minimum Gasteiger partial charge on any atom is -0.441 e. The fourth-order valence-electron chi connectivity index (χ4n) is 2.83. The number of benzene rings is 1. The SMILES string of the molecule is C=CC(OC(=O)NS(=O)(=O)c1ccc(C)cc1)C1CCCCC1. The van der Waals surface area contributed by atoms with Gasteiger partial charge in [0.15, 0.2) is 0 Å². The van der Waals surface area contributed by atoms with Crippen LogP contribution in [0.25, 0.3) is 0 Å². The van der Waals surface area contributed by atoms with Gasteiger partial charge in [-0.05, 0) is 37.8 Å². The minimum atomic E-state index is -3.92. The topological polar surface area (TPSA) is 72.5 Å². The van der Waals surface area contributed by atoms with Crippen molar-refractivity contribution in [3.05, 3.63) is 42.5 Å². The second kappa shape index (κ2) is 7.64. The Morgan fingerprint density at radius 2 is 1.87 bits per heavy atom. The molecule has 0 radical (unpaired) electrons. The predicted molar refractivity (Wildman–Crippen MR) is 88.5 cm³/mol. The van der Waals surface area contributed by atoms with Crippen molar-refractivity contribution in [1.29, 1.82) is 0 Å². The third-order valence-electron chi connectivity index (χ3n) is 4.14. The molecule has 0 spiro atoms. The molecule has 1 unspecified atom stereocenters. The summed E-state index contributed by atoms with van der Waals surface area (Å²) in [6, 6.07) is 6.26. The largest absolute Gasteiger partial charge is 0.441 e. The molecule has 2 rings (SSSR count). The van der Waals surface area contributed by atoms with E-state index in [2.05, 4.69) is 6.58 Å². The molecule has 0 saturated heterocycles. The number of hydrogen-bond acceptors (Lipinski definition) is 4. The van der Waals surface area contributed by atoms with Gasteiger partial charge in [-0.15, -0.1) is 0 Å². The zero-order chi connectivity index (χ0) is 16.9. The van der Waals surface area contributed by atoms with E-state index in [1.54, 1.807) is 18.2 Å². The lowest BCUT2D eigenvalue weighted by Crippen LogP contribution is -2.36. The zero-order valence-corrected chi connectivity index (χ0v) is 14.1. The monoisotopic (exact) mass is 337 g/mol. The van der Waals surface area contributed by atoms with Crippen LogP contribution < -0.4 is 4.72 Å². The fraction of sp³-hybridized carbons (Fsp3) is 0.471. The number of carbonyl (C=O) groups is 1. The molecule has 5 nitrogen and oxygen atoms in total. The van der Waals surface area contributed by atoms with E-state index in [0.29, 0.717) is 0 Å². The minimum absolute atomic E-state index is 0.0351. The lowest BCUT2D eigenvalue weighted by Gasteiger charge is -2.27. The summed E-state index contributed by atoms with van der Waals surface area (Å²) in [5.74, 6) is 0.217. The maximum atomic E-state index is 12.2. The normalized spacial score (nSPS) is 17.3. The van der Waals surface area contributed by atoms with Gasteiger partial charge in [0.1, 0.15) is 6.10 Å². The van der Waals surface area contributed by atoms with Crippen molar-refractivity contribution in [2.75, 3.05) is 0 Å². The van der Waals surface area contributed by atoms with Crippen LogP contribution >= 0.6 is 0 Å². The van der Waals surface area contributed by atoms with Gasteiger partial charge < -0.3 is 4.74 Å². The molecule has 1 aliphatic rings. The summed E-state index contributed by atoms with van der Waals surface area (Å²) in [5.41, 5.74) is 0.940. The van der Waals surface area contributed by atoms with Gasteiger partial charge in [-0.3, -0.25) is 0 Å². The number of sulfonamides is 1. The smallest absolute Gasteiger partial charge is 0.421 e. The number of ether oxygens (including phenoxy) is 1. The third-order valence-corrected chi connectivity index (χ3v) is 5.47. The van der Waals surface area contributed by atoms with Crippen molar-refractivity contribution >= 4 is 16.1 Å². The van der Waals surface area contributed by atoms with Crippen molar-refractivity contribution in [2.24, 2.45) is 5.92 Å². The first-order valence-corrected chi connectivity index (χ1v) is 9.33. The molecular formula is C17H23NO4S. The van der Waals surface area contributed by atoms with Gasteiger partial charge in [0.05, 0.1) is 4.90 Å². The van der Waals surface area contributed by atoms with Crippen LogP contribution in [-0.4, -0.2) is 20.6 Å². The molecule has 1 aromatic carbocycles. The highest BCUT2D eigenvalue weighted by molar-refractivity contribution is 7.90. The molecular weight excluding hydrogens is 314 g/mol. The maximum absolute atomic E-state index is 12.2. The van der Waals surface area contributed by atoms with Gasteiger partial charge in [0.2, 0.25) is 0 Å². The molecule has 0 heterocycles. The number of amides is 1. The summed E-state index contributed by atoms with van der Waals surface area (Å²) < 4.78 is 31.6. The van der Waals surface area contributed by atoms with Crippen LogP contribution in [0.1, 0.15) is 37.7 Å². The highest BCUT2D eigenvalue weighted by Gasteiger charge is 2.26. The summed E-state index contributed by atoms with van der Waals surface area (Å²) in [6.45, 7) is 5.56. The summed E-state index contributed by atoms with van der Waals surface area (Å²) >= 11 is 0. The highest BCUT2D eigenvalue weighted by Crippen LogP contribution is 2.28. The molecule has 126 valence electrons. The van der Waals surface area contributed by atoms with Gasteiger partial charge in [-0.2, -0.15) is 0 Å². The van der Waals surface area contributed by atoms with E-state index in [1.807, 2.05) is 11.6 Å². The average Bonchev–Trinajstić information content (AvgIpc) is 2.53. The molecule has 0 aromatic heterocycles. The molecule has 1 amide bonds. The third kappa shape index (κ3) is 4.82. The first kappa shape index (κ1) is 17.5. The lowest BCUT2D eigenvalue weighted by atomic mass is 9.85. The van der Waals surface area contributed by atoms with E-state index in [9.17, 15) is 13.2 Å². The Kier molecular flexibility index (Phi) is 5.82. The predicted octanol–water partition coefficient (Wildman–Crippen LogP) is 3.54. The molecule has 6 heteroatoms. The number of nitrogens with one attached hydrogen (secondary N) is 1. The Hall–Kier alpha value is -1.82. The first-order chi connectivity index (χ1) is 10.9. The lowest BCUT2D eigenvalue weighted by molar-refractivity contribution is 0.0801. The van der Waals surface area contributed by atoms with E-state index < -0.39 is 22.2 Å². The Morgan fingerprint density at radius 1 is 1.26 bits per heavy atom. The summed E-state index contributed by atoms with van der Waals surface area (Å²) in [6.07, 6.45) is 5.49. The van der Waals surface area contributed by atoms with E-state index in [0.717, 1.165) is 31.2 Å². The molecule has 1 N–H and O–H groups in total. The number of carbonyl (C=O) groups excluding carboxylic acids is 1. The van der Waals surface area contributed by atoms with Crippen LogP contribution in [0.2, 0.25) is 0 Å². The van der Waals surface area contributed by atoms with Crippen LogP contribution in [-0.2, 0) is 14.8 Å². The van der Waals surface area contributed by atoms with E-state index in [1.165, 1.54) is 18.6 Å². The summed E-state index contributed by atoms with van der Waals surface area (Å²) in [5, 5.41) is 0. The first-order valence-electron chi connectivity index (χ1n) is 7.85. The number of aryl methyl sites for hydroxylation is 1. The van der Waals surface area contributed by atoms with E-state index in [-0.39, 0.29) is 10.8 Å². The Bertz CT molecular complexity index is 646. The van der Waals surface area contributed by atoms with Crippen LogP contribution in [0.3, 0.4) is 0 Å². The molecule has 1 aromatic rings. The quantitative estimate of drug-likeness (QED) is 0.834. The van der Waals surface area contributed by atoms with Gasteiger partial charge in [-0.25, -0.2) is 17.9 Å². The van der Waals surface area contributed by atoms with Crippen molar-refractivity contribution in [1.82, 2.24) is 4.72 Å². The van der Waals surface area contributed by atoms with Crippen molar-refractivity contribution in [3.8, 4) is 0 Å². The standard InChI is InChI=1S/C17H23NO4S/c1-3-16(14-7-5-4-6-8-14)22-17(19)18-23(20,21)15-11-9-13(2)10-12-15/h3,9-12,14,16H,1,4-8H2,2H3,(H,18,19). The van der Waals surface area contributed by atoms with Crippen molar-refractivity contribution in [3.63, 3.8) is 0 Å². The van der Waals surface area contributed by atoms with E-state index >= 15 is 0 Å². The van der Waals surface area contributed by atoms with Crippen LogP contribution in [0.5, 0.6) is 0 Å². The van der Waals surface area contributed by atoms with Gasteiger partial charge >= 0.3 is 6.09 Å². The second-order valence-corrected chi connectivity index (χ2v) is 7.60. The molecule has 1 aliphatic carbocycles. The second-order valence-electron chi connectivity index (χ2n) is 5.92. The summed E-state index contributed by atoms with van der Waals surface area (Å²) in [7, 11) is -3.92. The zero-order valence-electron chi connectivity index (χ0n) is 13.3. The molecule has 0 bridgehead atoms. The molecule has 23 heavy (non-hydrogen) atoms. The molecule has 1 fully saturated rings. The van der Waals surface area contributed by atoms with Crippen LogP contribution in [0, 0.1) is 12.8 Å². The Morgan fingerprint density at radius 3 is 2.43 bits per heavy atom. The van der Waals surface area contributed by atoms with Crippen LogP contribution in [0.4, 0.5) is 4.79 Å². The molecule has 1 atom stereocenters. The Labute approximate surface area is 137 Å². The Balaban J connectivity index is 1.99. The number of rotatable bonds is 5. The molecule has 1 saturated carbocycles. The fourth-order valence-corrected chi connectivity index (χ4v) is 3.71. The molecule has 0 aliphatic heterocycles.